The number of amides is 1. The van der Waals surface area contributed by atoms with Crippen LogP contribution in [0, 0.1) is 0 Å². The highest BCUT2D eigenvalue weighted by molar-refractivity contribution is 7.99. The Morgan fingerprint density at radius 2 is 2.15 bits per heavy atom. The first kappa shape index (κ1) is 13.1. The molecule has 0 saturated carbocycles. The van der Waals surface area contributed by atoms with Crippen molar-refractivity contribution in [1.29, 1.82) is 0 Å². The molecule has 1 saturated heterocycles. The second-order valence-electron chi connectivity index (χ2n) is 4.91. The van der Waals surface area contributed by atoms with Crippen molar-refractivity contribution in [1.82, 2.24) is 10.3 Å². The molecule has 1 fully saturated rings. The monoisotopic (exact) mass is 290 g/mol. The lowest BCUT2D eigenvalue weighted by atomic mass is 9.99. The predicted molar refractivity (Wildman–Crippen MR) is 78.1 cm³/mol. The average Bonchev–Trinajstić information content (AvgIpc) is 3.05. The van der Waals surface area contributed by atoms with Crippen molar-refractivity contribution in [2.45, 2.75) is 12.0 Å². The van der Waals surface area contributed by atoms with Crippen molar-refractivity contribution in [3.63, 3.8) is 0 Å². The maximum absolute atomic E-state index is 12.3. The molecule has 20 heavy (non-hydrogen) atoms. The molecule has 1 atom stereocenters. The molecule has 2 heterocycles. The molecule has 1 aliphatic heterocycles. The summed E-state index contributed by atoms with van der Waals surface area (Å²) in [5, 5.41) is 13.0. The van der Waals surface area contributed by atoms with E-state index in [0.29, 0.717) is 17.9 Å². The van der Waals surface area contributed by atoms with E-state index < -0.39 is 11.5 Å². The van der Waals surface area contributed by atoms with Gasteiger partial charge in [0.25, 0.3) is 5.91 Å². The number of rotatable bonds is 3. The second kappa shape index (κ2) is 4.86. The number of carboxylic acids is 1. The van der Waals surface area contributed by atoms with Gasteiger partial charge >= 0.3 is 5.97 Å². The van der Waals surface area contributed by atoms with Gasteiger partial charge in [0.1, 0.15) is 11.2 Å². The molecule has 1 aliphatic rings. The second-order valence-corrected chi connectivity index (χ2v) is 6.02. The van der Waals surface area contributed by atoms with E-state index in [9.17, 15) is 14.7 Å². The molecule has 0 radical (unpaired) electrons. The van der Waals surface area contributed by atoms with E-state index in [1.807, 2.05) is 24.3 Å². The fourth-order valence-electron chi connectivity index (χ4n) is 2.37. The van der Waals surface area contributed by atoms with Crippen LogP contribution < -0.4 is 5.32 Å². The molecule has 0 aliphatic carbocycles. The van der Waals surface area contributed by atoms with E-state index >= 15 is 0 Å². The number of aromatic nitrogens is 1. The summed E-state index contributed by atoms with van der Waals surface area (Å²) in [5.74, 6) is -0.175. The third-order valence-corrected chi connectivity index (χ3v) is 4.75. The number of hydrogen-bond acceptors (Lipinski definition) is 3. The van der Waals surface area contributed by atoms with Crippen LogP contribution in [0.1, 0.15) is 16.9 Å². The van der Waals surface area contributed by atoms with Crippen LogP contribution in [0.3, 0.4) is 0 Å². The number of aliphatic carboxylic acids is 1. The van der Waals surface area contributed by atoms with Gasteiger partial charge in [-0.15, -0.1) is 0 Å². The van der Waals surface area contributed by atoms with Crippen LogP contribution in [-0.2, 0) is 4.79 Å². The van der Waals surface area contributed by atoms with E-state index in [-0.39, 0.29) is 5.91 Å². The molecule has 3 N–H and O–H groups in total. The minimum Gasteiger partial charge on any atom is -0.479 e. The maximum atomic E-state index is 12.3. The predicted octanol–water partition coefficient (Wildman–Crippen LogP) is 1.86. The number of aromatic amines is 1. The number of para-hydroxylation sites is 1. The van der Waals surface area contributed by atoms with Crippen LogP contribution in [0.25, 0.3) is 10.9 Å². The van der Waals surface area contributed by atoms with Gasteiger partial charge in [-0.05, 0) is 24.3 Å². The standard InChI is InChI=1S/C14H14N2O3S/c17-12(16-14(13(18)19)5-6-20-8-14)11-7-9-3-1-2-4-10(9)15-11/h1-4,7,15H,5-6,8H2,(H,16,17)(H,18,19)/t14-/m1/s1. The lowest BCUT2D eigenvalue weighted by Gasteiger charge is -2.24. The highest BCUT2D eigenvalue weighted by atomic mass is 32.2. The first-order valence-corrected chi connectivity index (χ1v) is 7.48. The van der Waals surface area contributed by atoms with Crippen molar-refractivity contribution in [2.75, 3.05) is 11.5 Å². The summed E-state index contributed by atoms with van der Waals surface area (Å²) in [4.78, 5) is 26.7. The summed E-state index contributed by atoms with van der Waals surface area (Å²) in [6, 6.07) is 9.30. The van der Waals surface area contributed by atoms with Gasteiger partial charge in [0.15, 0.2) is 0 Å². The fraction of sp³-hybridized carbons (Fsp3) is 0.286. The number of hydrogen-bond donors (Lipinski definition) is 3. The summed E-state index contributed by atoms with van der Waals surface area (Å²) < 4.78 is 0. The van der Waals surface area contributed by atoms with Gasteiger partial charge < -0.3 is 15.4 Å². The minimum atomic E-state index is -1.14. The molecule has 3 rings (SSSR count). The van der Waals surface area contributed by atoms with Gasteiger partial charge in [-0.25, -0.2) is 4.79 Å². The zero-order valence-corrected chi connectivity index (χ0v) is 11.5. The largest absolute Gasteiger partial charge is 0.479 e. The van der Waals surface area contributed by atoms with Gasteiger partial charge in [0.2, 0.25) is 0 Å². The fourth-order valence-corrected chi connectivity index (χ4v) is 3.69. The van der Waals surface area contributed by atoms with Crippen LogP contribution in [0.15, 0.2) is 30.3 Å². The van der Waals surface area contributed by atoms with Crippen LogP contribution >= 0.6 is 11.8 Å². The van der Waals surface area contributed by atoms with Crippen LogP contribution in [0.4, 0.5) is 0 Å². The summed E-state index contributed by atoms with van der Waals surface area (Å²) >= 11 is 1.55. The van der Waals surface area contributed by atoms with Gasteiger partial charge in [-0.1, -0.05) is 18.2 Å². The highest BCUT2D eigenvalue weighted by Crippen LogP contribution is 2.28. The average molecular weight is 290 g/mol. The van der Waals surface area contributed by atoms with E-state index in [4.69, 9.17) is 0 Å². The van der Waals surface area contributed by atoms with Crippen molar-refractivity contribution in [3.8, 4) is 0 Å². The smallest absolute Gasteiger partial charge is 0.330 e. The molecular formula is C14H14N2O3S. The van der Waals surface area contributed by atoms with E-state index in [1.54, 1.807) is 17.8 Å². The number of carbonyl (C=O) groups excluding carboxylic acids is 1. The number of thioether (sulfide) groups is 1. The SMILES string of the molecule is O=C(N[C@]1(C(=O)O)CCSC1)c1cc2ccccc2[nH]1. The van der Waals surface area contributed by atoms with Gasteiger partial charge in [-0.3, -0.25) is 4.79 Å². The zero-order valence-electron chi connectivity index (χ0n) is 10.7. The number of nitrogens with one attached hydrogen (secondary N) is 2. The molecule has 2 aromatic rings. The number of H-pyrrole nitrogens is 1. The molecule has 1 aromatic carbocycles. The Hall–Kier alpha value is -1.95. The Labute approximate surface area is 119 Å². The molecule has 0 bridgehead atoms. The molecule has 0 spiro atoms. The molecule has 1 aromatic heterocycles. The third-order valence-electron chi connectivity index (χ3n) is 3.56. The number of carbonyl (C=O) groups is 2. The number of fused-ring (bicyclic) bond motifs is 1. The van der Waals surface area contributed by atoms with Crippen molar-refractivity contribution < 1.29 is 14.7 Å². The quantitative estimate of drug-likeness (QED) is 0.806. The van der Waals surface area contributed by atoms with Crippen LogP contribution in [-0.4, -0.2) is 39.0 Å². The first-order chi connectivity index (χ1) is 9.61. The number of benzene rings is 1. The van der Waals surface area contributed by atoms with Crippen molar-refractivity contribution in [3.05, 3.63) is 36.0 Å². The Morgan fingerprint density at radius 1 is 1.35 bits per heavy atom. The van der Waals surface area contributed by atoms with E-state index in [2.05, 4.69) is 10.3 Å². The highest BCUT2D eigenvalue weighted by Gasteiger charge is 2.43. The van der Waals surface area contributed by atoms with Gasteiger partial charge in [0.05, 0.1) is 0 Å². The maximum Gasteiger partial charge on any atom is 0.330 e. The molecule has 0 unspecified atom stereocenters. The molecule has 5 nitrogen and oxygen atoms in total. The summed E-state index contributed by atoms with van der Waals surface area (Å²) in [6.07, 6.45) is 0.457. The molecule has 6 heteroatoms. The Balaban J connectivity index is 1.87. The topological polar surface area (TPSA) is 82.2 Å². The third kappa shape index (κ3) is 2.16. The van der Waals surface area contributed by atoms with Gasteiger partial charge in [0, 0.05) is 16.7 Å². The summed E-state index contributed by atoms with van der Waals surface area (Å²) in [5.41, 5.74) is 0.116. The number of carboxylic acid groups (broad SMARTS) is 1. The van der Waals surface area contributed by atoms with E-state index in [0.717, 1.165) is 16.7 Å². The Morgan fingerprint density at radius 3 is 2.80 bits per heavy atom. The lowest BCUT2D eigenvalue weighted by molar-refractivity contribution is -0.143. The Kier molecular flexibility index (Phi) is 3.17. The molecule has 104 valence electrons. The first-order valence-electron chi connectivity index (χ1n) is 6.32. The molecular weight excluding hydrogens is 276 g/mol. The van der Waals surface area contributed by atoms with E-state index in [1.165, 1.54) is 0 Å². The lowest BCUT2D eigenvalue weighted by Crippen LogP contribution is -2.54. The summed E-state index contributed by atoms with van der Waals surface area (Å²) in [6.45, 7) is 0. The minimum absolute atomic E-state index is 0.369. The molecule has 1 amide bonds. The van der Waals surface area contributed by atoms with Gasteiger partial charge in [-0.2, -0.15) is 11.8 Å². The Bertz CT molecular complexity index is 641. The summed E-state index contributed by atoms with van der Waals surface area (Å²) in [7, 11) is 0. The van der Waals surface area contributed by atoms with Crippen molar-refractivity contribution >= 4 is 34.5 Å². The normalized spacial score (nSPS) is 22.0. The van der Waals surface area contributed by atoms with Crippen LogP contribution in [0.5, 0.6) is 0 Å². The zero-order chi connectivity index (χ0) is 14.2. The van der Waals surface area contributed by atoms with Crippen LogP contribution in [0.2, 0.25) is 0 Å². The van der Waals surface area contributed by atoms with Crippen molar-refractivity contribution in [2.24, 2.45) is 0 Å².